The normalized spacial score (nSPS) is 9.89. The van der Waals surface area contributed by atoms with Crippen LogP contribution in [0.15, 0.2) is 24.5 Å². The van der Waals surface area contributed by atoms with Gasteiger partial charge in [-0.1, -0.05) is 0 Å². The number of nitrogens with one attached hydrogen (secondary N) is 1. The molecule has 0 radical (unpaired) electrons. The van der Waals surface area contributed by atoms with Crippen LogP contribution < -0.4 is 5.32 Å². The van der Waals surface area contributed by atoms with Gasteiger partial charge >= 0.3 is 0 Å². The molecule has 1 heterocycles. The lowest BCUT2D eigenvalue weighted by atomic mass is 10.3. The maximum atomic E-state index is 13.3. The molecule has 0 aliphatic heterocycles. The van der Waals surface area contributed by atoms with Crippen LogP contribution in [0.25, 0.3) is 0 Å². The summed E-state index contributed by atoms with van der Waals surface area (Å²) < 4.78 is 39.3. The number of nitriles is 1. The maximum Gasteiger partial charge on any atom is 0.158 e. The molecule has 0 aliphatic rings. The van der Waals surface area contributed by atoms with Crippen LogP contribution in [0.3, 0.4) is 0 Å². The highest BCUT2D eigenvalue weighted by molar-refractivity contribution is 5.57. The van der Waals surface area contributed by atoms with E-state index in [4.69, 9.17) is 5.26 Å². The van der Waals surface area contributed by atoms with Gasteiger partial charge in [-0.15, -0.1) is 0 Å². The van der Waals surface area contributed by atoms with Crippen molar-refractivity contribution in [3.05, 3.63) is 47.7 Å². The molecule has 1 aromatic carbocycles. The van der Waals surface area contributed by atoms with Gasteiger partial charge in [0.15, 0.2) is 17.3 Å². The number of hydrogen-bond donors (Lipinski definition) is 1. The van der Waals surface area contributed by atoms with Gasteiger partial charge in [0, 0.05) is 12.1 Å². The van der Waals surface area contributed by atoms with E-state index in [0.29, 0.717) is 12.1 Å². The molecule has 2 rings (SSSR count). The molecule has 7 heteroatoms. The molecular weight excluding hydrogens is 245 g/mol. The first-order valence-corrected chi connectivity index (χ1v) is 4.74. The van der Waals surface area contributed by atoms with Gasteiger partial charge in [-0.25, -0.2) is 23.1 Å². The fourth-order valence-corrected chi connectivity index (χ4v) is 1.24. The fraction of sp³-hybridized carbons (Fsp3) is 0. The van der Waals surface area contributed by atoms with E-state index < -0.39 is 23.1 Å². The first kappa shape index (κ1) is 11.9. The van der Waals surface area contributed by atoms with E-state index in [9.17, 15) is 13.2 Å². The molecule has 4 nitrogen and oxygen atoms in total. The summed E-state index contributed by atoms with van der Waals surface area (Å²) in [6, 6.07) is 2.84. The molecule has 0 aliphatic carbocycles. The van der Waals surface area contributed by atoms with Gasteiger partial charge < -0.3 is 5.32 Å². The predicted octanol–water partition coefficient (Wildman–Crippen LogP) is 2.51. The van der Waals surface area contributed by atoms with Crippen LogP contribution in [0.1, 0.15) is 5.69 Å². The molecule has 18 heavy (non-hydrogen) atoms. The van der Waals surface area contributed by atoms with Crippen molar-refractivity contribution in [2.75, 3.05) is 5.32 Å². The first-order chi connectivity index (χ1) is 8.60. The minimum atomic E-state index is -1.08. The van der Waals surface area contributed by atoms with E-state index in [2.05, 4.69) is 15.3 Å². The number of anilines is 2. The topological polar surface area (TPSA) is 61.6 Å². The Hall–Kier alpha value is -2.62. The predicted molar refractivity (Wildman–Crippen MR) is 56.3 cm³/mol. The van der Waals surface area contributed by atoms with Gasteiger partial charge in [-0.05, 0) is 0 Å². The SMILES string of the molecule is N#Cc1cnc(Nc2c(F)cc(F)cc2F)cn1. The molecular formula is C11H5F3N4. The smallest absolute Gasteiger partial charge is 0.158 e. The van der Waals surface area contributed by atoms with Crippen LogP contribution in [-0.4, -0.2) is 9.97 Å². The summed E-state index contributed by atoms with van der Waals surface area (Å²) in [5.41, 5.74) is -0.462. The third-order valence-electron chi connectivity index (χ3n) is 2.03. The Balaban J connectivity index is 2.31. The summed E-state index contributed by atoms with van der Waals surface area (Å²) in [5, 5.41) is 10.8. The Morgan fingerprint density at radius 1 is 1.06 bits per heavy atom. The second kappa shape index (κ2) is 4.71. The first-order valence-electron chi connectivity index (χ1n) is 4.74. The number of halogens is 3. The van der Waals surface area contributed by atoms with E-state index in [1.165, 1.54) is 0 Å². The summed E-state index contributed by atoms with van der Waals surface area (Å²) in [7, 11) is 0. The quantitative estimate of drug-likeness (QED) is 0.889. The van der Waals surface area contributed by atoms with E-state index in [0.717, 1.165) is 12.4 Å². The zero-order valence-corrected chi connectivity index (χ0v) is 8.78. The van der Waals surface area contributed by atoms with Gasteiger partial charge in [0.05, 0.1) is 12.4 Å². The number of rotatable bonds is 2. The molecule has 90 valence electrons. The lowest BCUT2D eigenvalue weighted by Gasteiger charge is -2.07. The highest BCUT2D eigenvalue weighted by atomic mass is 19.1. The average molecular weight is 250 g/mol. The van der Waals surface area contributed by atoms with Crippen molar-refractivity contribution in [1.82, 2.24) is 9.97 Å². The van der Waals surface area contributed by atoms with E-state index in [1.54, 1.807) is 6.07 Å². The van der Waals surface area contributed by atoms with E-state index in [1.807, 2.05) is 0 Å². The van der Waals surface area contributed by atoms with Crippen molar-refractivity contribution in [3.63, 3.8) is 0 Å². The average Bonchev–Trinajstić information content (AvgIpc) is 2.34. The summed E-state index contributed by atoms with van der Waals surface area (Å²) in [6.07, 6.45) is 2.28. The molecule has 0 unspecified atom stereocenters. The minimum Gasteiger partial charge on any atom is -0.334 e. The van der Waals surface area contributed by atoms with Crippen molar-refractivity contribution in [1.29, 1.82) is 5.26 Å². The molecule has 0 amide bonds. The van der Waals surface area contributed by atoms with Crippen molar-refractivity contribution < 1.29 is 13.2 Å². The molecule has 0 bridgehead atoms. The highest BCUT2D eigenvalue weighted by Crippen LogP contribution is 2.23. The molecule has 1 aromatic heterocycles. The second-order valence-corrected chi connectivity index (χ2v) is 3.27. The Kier molecular flexibility index (Phi) is 3.10. The Bertz CT molecular complexity index is 596. The summed E-state index contributed by atoms with van der Waals surface area (Å²) in [4.78, 5) is 7.39. The van der Waals surface area contributed by atoms with Crippen LogP contribution >= 0.6 is 0 Å². The zero-order chi connectivity index (χ0) is 13.1. The summed E-state index contributed by atoms with van der Waals surface area (Å²) >= 11 is 0. The molecule has 2 aromatic rings. The highest BCUT2D eigenvalue weighted by Gasteiger charge is 2.12. The standard InChI is InChI=1S/C11H5F3N4/c12-6-1-8(13)11(9(14)2-6)18-10-5-16-7(3-15)4-17-10/h1-2,4-5H,(H,17,18). The van der Waals surface area contributed by atoms with Crippen molar-refractivity contribution in [3.8, 4) is 6.07 Å². The van der Waals surface area contributed by atoms with Gasteiger partial charge in [0.25, 0.3) is 0 Å². The van der Waals surface area contributed by atoms with Gasteiger partial charge in [-0.3, -0.25) is 0 Å². The summed E-state index contributed by atoms with van der Waals surface area (Å²) in [5.74, 6) is -3.14. The molecule has 0 saturated heterocycles. The maximum absolute atomic E-state index is 13.3. The number of nitrogens with zero attached hydrogens (tertiary/aromatic N) is 3. The Morgan fingerprint density at radius 2 is 1.72 bits per heavy atom. The van der Waals surface area contributed by atoms with Crippen LogP contribution in [0.4, 0.5) is 24.7 Å². The largest absolute Gasteiger partial charge is 0.334 e. The molecule has 0 spiro atoms. The minimum absolute atomic E-state index is 0.0402. The monoisotopic (exact) mass is 250 g/mol. The molecule has 0 saturated carbocycles. The van der Waals surface area contributed by atoms with Gasteiger partial charge in [0.2, 0.25) is 0 Å². The van der Waals surface area contributed by atoms with Crippen LogP contribution in [0.5, 0.6) is 0 Å². The molecule has 1 N–H and O–H groups in total. The summed E-state index contributed by atoms with van der Waals surface area (Å²) in [6.45, 7) is 0. The third-order valence-corrected chi connectivity index (χ3v) is 2.03. The van der Waals surface area contributed by atoms with Crippen LogP contribution in [0, 0.1) is 28.8 Å². The number of aromatic nitrogens is 2. The number of hydrogen-bond acceptors (Lipinski definition) is 4. The number of benzene rings is 1. The van der Waals surface area contributed by atoms with Crippen LogP contribution in [0.2, 0.25) is 0 Å². The van der Waals surface area contributed by atoms with Gasteiger partial charge in [0.1, 0.15) is 23.4 Å². The molecule has 0 atom stereocenters. The third kappa shape index (κ3) is 2.38. The Labute approximate surface area is 99.7 Å². The lowest BCUT2D eigenvalue weighted by molar-refractivity contribution is 0.548. The zero-order valence-electron chi connectivity index (χ0n) is 8.78. The van der Waals surface area contributed by atoms with E-state index in [-0.39, 0.29) is 11.5 Å². The van der Waals surface area contributed by atoms with E-state index >= 15 is 0 Å². The lowest BCUT2D eigenvalue weighted by Crippen LogP contribution is -2.01. The molecule has 0 fully saturated rings. The van der Waals surface area contributed by atoms with Crippen molar-refractivity contribution in [2.45, 2.75) is 0 Å². The second-order valence-electron chi connectivity index (χ2n) is 3.27. The van der Waals surface area contributed by atoms with Crippen LogP contribution in [-0.2, 0) is 0 Å². The van der Waals surface area contributed by atoms with Crippen molar-refractivity contribution >= 4 is 11.5 Å². The van der Waals surface area contributed by atoms with Gasteiger partial charge in [-0.2, -0.15) is 5.26 Å². The van der Waals surface area contributed by atoms with Crippen molar-refractivity contribution in [2.24, 2.45) is 0 Å². The fourth-order valence-electron chi connectivity index (χ4n) is 1.24. The Morgan fingerprint density at radius 3 is 2.22 bits per heavy atom.